The number of nitrogens with one attached hydrogen (secondary N) is 1. The van der Waals surface area contributed by atoms with E-state index in [1.54, 1.807) is 10.9 Å². The summed E-state index contributed by atoms with van der Waals surface area (Å²) in [6, 6.07) is 21.9. The molecule has 0 radical (unpaired) electrons. The first-order valence-corrected chi connectivity index (χ1v) is 10.2. The van der Waals surface area contributed by atoms with Crippen molar-refractivity contribution in [3.63, 3.8) is 0 Å². The fraction of sp³-hybridized carbons (Fsp3) is 0.130. The first-order valence-electron chi connectivity index (χ1n) is 9.47. The second kappa shape index (κ2) is 9.39. The van der Waals surface area contributed by atoms with Gasteiger partial charge in [-0.15, -0.1) is 0 Å². The summed E-state index contributed by atoms with van der Waals surface area (Å²) >= 11 is 12.4. The van der Waals surface area contributed by atoms with Crippen LogP contribution in [0.2, 0.25) is 10.0 Å². The third-order valence-corrected chi connectivity index (χ3v) is 5.39. The molecular formula is C23H19Cl2FN4. The van der Waals surface area contributed by atoms with Crippen molar-refractivity contribution in [3.8, 4) is 11.3 Å². The van der Waals surface area contributed by atoms with Gasteiger partial charge in [0.25, 0.3) is 0 Å². The standard InChI is InChI=1S/C23H19Cl2FN4/c24-20-9-5-4-8-17(20)13-27-14-22-23(16-6-2-1-3-7-16)29-30(28-22)15-18-10-11-19(26)12-21(18)25/h1-12,27H,13-15H2. The van der Waals surface area contributed by atoms with Crippen molar-refractivity contribution in [1.82, 2.24) is 20.3 Å². The summed E-state index contributed by atoms with van der Waals surface area (Å²) in [6.07, 6.45) is 0. The van der Waals surface area contributed by atoms with E-state index in [4.69, 9.17) is 23.2 Å². The maximum atomic E-state index is 13.3. The molecule has 0 spiro atoms. The van der Waals surface area contributed by atoms with Gasteiger partial charge in [0.1, 0.15) is 17.2 Å². The predicted octanol–water partition coefficient (Wildman–Crippen LogP) is 5.73. The number of hydrogen-bond donors (Lipinski definition) is 1. The molecule has 1 aromatic heterocycles. The summed E-state index contributed by atoms with van der Waals surface area (Å²) in [4.78, 5) is 1.59. The van der Waals surface area contributed by atoms with E-state index in [0.717, 1.165) is 33.1 Å². The van der Waals surface area contributed by atoms with Crippen LogP contribution >= 0.6 is 23.2 Å². The summed E-state index contributed by atoms with van der Waals surface area (Å²) < 4.78 is 13.3. The Bertz CT molecular complexity index is 1150. The number of aromatic nitrogens is 3. The molecule has 0 saturated carbocycles. The number of benzene rings is 3. The third kappa shape index (κ3) is 4.87. The van der Waals surface area contributed by atoms with Crippen LogP contribution in [0.15, 0.2) is 72.8 Å². The monoisotopic (exact) mass is 440 g/mol. The van der Waals surface area contributed by atoms with Gasteiger partial charge in [-0.25, -0.2) is 4.39 Å². The summed E-state index contributed by atoms with van der Waals surface area (Å²) in [5, 5.41) is 13.8. The van der Waals surface area contributed by atoms with Crippen LogP contribution in [0.5, 0.6) is 0 Å². The average molecular weight is 441 g/mol. The van der Waals surface area contributed by atoms with Gasteiger partial charge in [0.2, 0.25) is 0 Å². The Morgan fingerprint density at radius 2 is 1.57 bits per heavy atom. The molecule has 4 rings (SSSR count). The molecule has 4 nitrogen and oxygen atoms in total. The lowest BCUT2D eigenvalue weighted by Gasteiger charge is -2.06. The second-order valence-electron chi connectivity index (χ2n) is 6.82. The average Bonchev–Trinajstić information content (AvgIpc) is 3.15. The summed E-state index contributed by atoms with van der Waals surface area (Å²) in [6.45, 7) is 1.49. The number of rotatable bonds is 7. The van der Waals surface area contributed by atoms with Gasteiger partial charge in [0.05, 0.1) is 6.54 Å². The molecule has 0 aliphatic rings. The van der Waals surface area contributed by atoms with Crippen molar-refractivity contribution in [2.45, 2.75) is 19.6 Å². The predicted molar refractivity (Wildman–Crippen MR) is 118 cm³/mol. The number of nitrogens with zero attached hydrogens (tertiary/aromatic N) is 3. The van der Waals surface area contributed by atoms with Crippen LogP contribution in [0.25, 0.3) is 11.3 Å². The van der Waals surface area contributed by atoms with Crippen molar-refractivity contribution >= 4 is 23.2 Å². The zero-order valence-electron chi connectivity index (χ0n) is 16.0. The molecule has 1 heterocycles. The van der Waals surface area contributed by atoms with Crippen LogP contribution in [-0.4, -0.2) is 15.0 Å². The summed E-state index contributed by atoms with van der Waals surface area (Å²) in [7, 11) is 0. The van der Waals surface area contributed by atoms with E-state index in [1.807, 2.05) is 54.6 Å². The van der Waals surface area contributed by atoms with Crippen molar-refractivity contribution in [2.24, 2.45) is 0 Å². The fourth-order valence-corrected chi connectivity index (χ4v) is 3.58. The highest BCUT2D eigenvalue weighted by Crippen LogP contribution is 2.23. The molecular weight excluding hydrogens is 422 g/mol. The molecule has 0 amide bonds. The highest BCUT2D eigenvalue weighted by molar-refractivity contribution is 6.31. The van der Waals surface area contributed by atoms with Crippen molar-refractivity contribution in [1.29, 1.82) is 0 Å². The zero-order chi connectivity index (χ0) is 20.9. The smallest absolute Gasteiger partial charge is 0.124 e. The molecule has 0 bridgehead atoms. The normalized spacial score (nSPS) is 11.0. The van der Waals surface area contributed by atoms with E-state index in [2.05, 4.69) is 15.5 Å². The lowest BCUT2D eigenvalue weighted by Crippen LogP contribution is -2.14. The molecule has 4 aromatic rings. The van der Waals surface area contributed by atoms with Gasteiger partial charge >= 0.3 is 0 Å². The highest BCUT2D eigenvalue weighted by atomic mass is 35.5. The van der Waals surface area contributed by atoms with Crippen molar-refractivity contribution in [2.75, 3.05) is 0 Å². The van der Waals surface area contributed by atoms with Gasteiger partial charge in [-0.2, -0.15) is 15.0 Å². The summed E-state index contributed by atoms with van der Waals surface area (Å²) in [5.74, 6) is -0.369. The minimum atomic E-state index is -0.369. The molecule has 0 aliphatic heterocycles. The molecule has 152 valence electrons. The largest absolute Gasteiger partial charge is 0.307 e. The molecule has 3 aromatic carbocycles. The van der Waals surface area contributed by atoms with Crippen LogP contribution in [0.4, 0.5) is 4.39 Å². The Morgan fingerprint density at radius 3 is 2.33 bits per heavy atom. The van der Waals surface area contributed by atoms with Crippen molar-refractivity contribution in [3.05, 3.63) is 105 Å². The van der Waals surface area contributed by atoms with Crippen LogP contribution in [0.1, 0.15) is 16.8 Å². The zero-order valence-corrected chi connectivity index (χ0v) is 17.5. The van der Waals surface area contributed by atoms with E-state index in [1.165, 1.54) is 12.1 Å². The molecule has 0 aliphatic carbocycles. The summed E-state index contributed by atoms with van der Waals surface area (Å²) in [5.41, 5.74) is 4.35. The SMILES string of the molecule is Fc1ccc(Cn2nc(CNCc3ccccc3Cl)c(-c3ccccc3)n2)c(Cl)c1. The minimum absolute atomic E-state index is 0.351. The topological polar surface area (TPSA) is 42.7 Å². The Labute approximate surface area is 184 Å². The van der Waals surface area contributed by atoms with Crippen LogP contribution in [0, 0.1) is 5.82 Å². The third-order valence-electron chi connectivity index (χ3n) is 4.66. The molecule has 0 unspecified atom stereocenters. The number of hydrogen-bond acceptors (Lipinski definition) is 3. The maximum absolute atomic E-state index is 13.3. The Morgan fingerprint density at radius 1 is 0.800 bits per heavy atom. The van der Waals surface area contributed by atoms with E-state index < -0.39 is 0 Å². The Balaban J connectivity index is 1.57. The highest BCUT2D eigenvalue weighted by Gasteiger charge is 2.14. The van der Waals surface area contributed by atoms with Gasteiger partial charge in [-0.05, 0) is 29.3 Å². The molecule has 0 atom stereocenters. The lowest BCUT2D eigenvalue weighted by atomic mass is 10.1. The Kier molecular flexibility index (Phi) is 6.43. The molecule has 0 fully saturated rings. The van der Waals surface area contributed by atoms with Crippen LogP contribution in [-0.2, 0) is 19.6 Å². The van der Waals surface area contributed by atoms with Gasteiger partial charge in [0.15, 0.2) is 0 Å². The van der Waals surface area contributed by atoms with Crippen molar-refractivity contribution < 1.29 is 4.39 Å². The second-order valence-corrected chi connectivity index (χ2v) is 7.64. The molecule has 0 saturated heterocycles. The maximum Gasteiger partial charge on any atom is 0.124 e. The van der Waals surface area contributed by atoms with E-state index in [0.29, 0.717) is 24.7 Å². The fourth-order valence-electron chi connectivity index (χ4n) is 3.15. The molecule has 1 N–H and O–H groups in total. The first-order chi connectivity index (χ1) is 14.6. The van der Waals surface area contributed by atoms with E-state index >= 15 is 0 Å². The minimum Gasteiger partial charge on any atom is -0.307 e. The van der Waals surface area contributed by atoms with Crippen LogP contribution in [0.3, 0.4) is 0 Å². The van der Waals surface area contributed by atoms with Gasteiger partial charge < -0.3 is 5.32 Å². The molecule has 30 heavy (non-hydrogen) atoms. The van der Waals surface area contributed by atoms with Gasteiger partial charge in [0, 0.05) is 28.7 Å². The lowest BCUT2D eigenvalue weighted by molar-refractivity contribution is 0.574. The van der Waals surface area contributed by atoms with E-state index in [9.17, 15) is 4.39 Å². The number of halogens is 3. The Hall–Kier alpha value is -2.73. The van der Waals surface area contributed by atoms with Gasteiger partial charge in [-0.1, -0.05) is 77.8 Å². The quantitative estimate of drug-likeness (QED) is 0.399. The van der Waals surface area contributed by atoms with Crippen LogP contribution < -0.4 is 5.32 Å². The van der Waals surface area contributed by atoms with Gasteiger partial charge in [-0.3, -0.25) is 0 Å². The molecule has 7 heteroatoms. The van der Waals surface area contributed by atoms with E-state index in [-0.39, 0.29) is 5.82 Å². The first kappa shape index (κ1) is 20.5.